The lowest BCUT2D eigenvalue weighted by Crippen LogP contribution is -2.24. The van der Waals surface area contributed by atoms with Crippen LogP contribution >= 0.6 is 0 Å². The smallest absolute Gasteiger partial charge is 0.211 e. The van der Waals surface area contributed by atoms with Crippen molar-refractivity contribution in [1.82, 2.24) is 4.72 Å². The predicted octanol–water partition coefficient (Wildman–Crippen LogP) is 1.64. The molecule has 0 fully saturated rings. The van der Waals surface area contributed by atoms with Gasteiger partial charge < -0.3 is 0 Å². The van der Waals surface area contributed by atoms with Gasteiger partial charge in [0, 0.05) is 6.54 Å². The fourth-order valence-corrected chi connectivity index (χ4v) is 2.32. The van der Waals surface area contributed by atoms with Gasteiger partial charge in [0.05, 0.1) is 16.5 Å². The number of hydrogen-bond acceptors (Lipinski definition) is 3. The van der Waals surface area contributed by atoms with Crippen LogP contribution in [0.3, 0.4) is 0 Å². The van der Waals surface area contributed by atoms with Gasteiger partial charge >= 0.3 is 0 Å². The monoisotopic (exact) mass is 238 g/mol. The Labute approximate surface area is 96.0 Å². The minimum Gasteiger partial charge on any atom is -0.211 e. The van der Waals surface area contributed by atoms with Gasteiger partial charge in [0.1, 0.15) is 0 Å². The fourth-order valence-electron chi connectivity index (χ4n) is 1.20. The summed E-state index contributed by atoms with van der Waals surface area (Å²) in [6, 6.07) is 7.90. The van der Waals surface area contributed by atoms with Crippen molar-refractivity contribution in [3.05, 3.63) is 29.8 Å². The van der Waals surface area contributed by atoms with Crippen LogP contribution < -0.4 is 4.72 Å². The molecule has 0 aromatic heterocycles. The first-order valence-corrected chi connectivity index (χ1v) is 6.58. The Morgan fingerprint density at radius 2 is 2.19 bits per heavy atom. The predicted molar refractivity (Wildman–Crippen MR) is 61.3 cm³/mol. The molecule has 0 heterocycles. The first-order chi connectivity index (χ1) is 7.60. The van der Waals surface area contributed by atoms with E-state index in [9.17, 15) is 8.42 Å². The lowest BCUT2D eigenvalue weighted by Gasteiger charge is -2.05. The zero-order valence-corrected chi connectivity index (χ0v) is 9.92. The molecular weight excluding hydrogens is 224 g/mol. The maximum atomic E-state index is 11.8. The van der Waals surface area contributed by atoms with Crippen LogP contribution in [0.25, 0.3) is 0 Å². The minimum absolute atomic E-state index is 0.141. The van der Waals surface area contributed by atoms with Gasteiger partial charge in [-0.2, -0.15) is 5.26 Å². The van der Waals surface area contributed by atoms with Gasteiger partial charge in [0.25, 0.3) is 0 Å². The van der Waals surface area contributed by atoms with Crippen molar-refractivity contribution in [3.63, 3.8) is 0 Å². The summed E-state index contributed by atoms with van der Waals surface area (Å²) in [6.45, 7) is 2.42. The van der Waals surface area contributed by atoms with Gasteiger partial charge in [-0.3, -0.25) is 0 Å². The first-order valence-electron chi connectivity index (χ1n) is 5.10. The highest BCUT2D eigenvalue weighted by atomic mass is 32.2. The summed E-state index contributed by atoms with van der Waals surface area (Å²) in [5.74, 6) is 0. The van der Waals surface area contributed by atoms with E-state index in [1.165, 1.54) is 12.1 Å². The Bertz CT molecular complexity index is 489. The van der Waals surface area contributed by atoms with Crippen LogP contribution in [0.1, 0.15) is 25.3 Å². The molecule has 0 spiro atoms. The first kappa shape index (κ1) is 12.7. The number of nitrogens with zero attached hydrogens (tertiary/aromatic N) is 1. The molecule has 16 heavy (non-hydrogen) atoms. The molecule has 0 aliphatic heterocycles. The zero-order chi connectivity index (χ0) is 12.0. The van der Waals surface area contributed by atoms with Crippen molar-refractivity contribution in [2.75, 3.05) is 6.54 Å². The third kappa shape index (κ3) is 3.33. The second kappa shape index (κ2) is 5.64. The van der Waals surface area contributed by atoms with E-state index in [2.05, 4.69) is 4.72 Å². The quantitative estimate of drug-likeness (QED) is 0.793. The molecule has 1 N–H and O–H groups in total. The Balaban J connectivity index is 2.86. The summed E-state index contributed by atoms with van der Waals surface area (Å²) in [5.41, 5.74) is 0.346. The van der Waals surface area contributed by atoms with Crippen LogP contribution in [0.5, 0.6) is 0 Å². The topological polar surface area (TPSA) is 70.0 Å². The highest BCUT2D eigenvalue weighted by molar-refractivity contribution is 7.89. The summed E-state index contributed by atoms with van der Waals surface area (Å²) in [6.07, 6.45) is 1.73. The van der Waals surface area contributed by atoms with Gasteiger partial charge in [0.15, 0.2) is 0 Å². The van der Waals surface area contributed by atoms with Crippen LogP contribution in [0, 0.1) is 11.3 Å². The van der Waals surface area contributed by atoms with Crippen LogP contribution in [-0.2, 0) is 10.0 Å². The SMILES string of the molecule is CCCCNS(=O)(=O)c1cccc(C#N)c1. The molecule has 0 saturated heterocycles. The van der Waals surface area contributed by atoms with Gasteiger partial charge in [0.2, 0.25) is 10.0 Å². The number of sulfonamides is 1. The molecular formula is C11H14N2O2S. The summed E-state index contributed by atoms with van der Waals surface area (Å²) >= 11 is 0. The molecule has 86 valence electrons. The summed E-state index contributed by atoms with van der Waals surface area (Å²) < 4.78 is 26.0. The van der Waals surface area contributed by atoms with Crippen LogP contribution in [-0.4, -0.2) is 15.0 Å². The van der Waals surface area contributed by atoms with Crippen LogP contribution in [0.15, 0.2) is 29.2 Å². The number of hydrogen-bond donors (Lipinski definition) is 1. The van der Waals surface area contributed by atoms with Gasteiger partial charge in [-0.15, -0.1) is 0 Å². The van der Waals surface area contributed by atoms with E-state index in [4.69, 9.17) is 5.26 Å². The maximum absolute atomic E-state index is 11.8. The molecule has 0 aliphatic carbocycles. The van der Waals surface area contributed by atoms with Gasteiger partial charge in [-0.1, -0.05) is 19.4 Å². The molecule has 0 amide bonds. The number of nitrogens with one attached hydrogen (secondary N) is 1. The largest absolute Gasteiger partial charge is 0.240 e. The Morgan fingerprint density at radius 3 is 2.81 bits per heavy atom. The van der Waals surface area contributed by atoms with Crippen molar-refractivity contribution < 1.29 is 8.42 Å². The Hall–Kier alpha value is -1.38. The van der Waals surface area contributed by atoms with E-state index in [1.807, 2.05) is 13.0 Å². The molecule has 1 aromatic rings. The summed E-state index contributed by atoms with van der Waals surface area (Å²) in [7, 11) is -3.47. The van der Waals surface area contributed by atoms with Crippen LogP contribution in [0.4, 0.5) is 0 Å². The van der Waals surface area contributed by atoms with E-state index < -0.39 is 10.0 Å². The number of benzene rings is 1. The summed E-state index contributed by atoms with van der Waals surface area (Å²) in [4.78, 5) is 0.141. The highest BCUT2D eigenvalue weighted by Crippen LogP contribution is 2.10. The minimum atomic E-state index is -3.47. The van der Waals surface area contributed by atoms with Crippen molar-refractivity contribution >= 4 is 10.0 Å². The lowest BCUT2D eigenvalue weighted by molar-refractivity contribution is 0.578. The highest BCUT2D eigenvalue weighted by Gasteiger charge is 2.13. The molecule has 5 heteroatoms. The van der Waals surface area contributed by atoms with E-state index in [0.717, 1.165) is 12.8 Å². The fraction of sp³-hybridized carbons (Fsp3) is 0.364. The second-order valence-corrected chi connectivity index (χ2v) is 5.16. The zero-order valence-electron chi connectivity index (χ0n) is 9.10. The van der Waals surface area contributed by atoms with E-state index in [1.54, 1.807) is 12.1 Å². The number of rotatable bonds is 5. The molecule has 0 aliphatic rings. The molecule has 4 nitrogen and oxygen atoms in total. The van der Waals surface area contributed by atoms with Crippen molar-refractivity contribution in [3.8, 4) is 6.07 Å². The molecule has 0 bridgehead atoms. The molecule has 0 saturated carbocycles. The summed E-state index contributed by atoms with van der Waals surface area (Å²) in [5, 5.41) is 8.68. The lowest BCUT2D eigenvalue weighted by atomic mass is 10.2. The van der Waals surface area contributed by atoms with E-state index in [-0.39, 0.29) is 4.90 Å². The second-order valence-electron chi connectivity index (χ2n) is 3.39. The molecule has 1 rings (SSSR count). The van der Waals surface area contributed by atoms with Crippen molar-refractivity contribution in [2.24, 2.45) is 0 Å². The van der Waals surface area contributed by atoms with Gasteiger partial charge in [-0.05, 0) is 24.6 Å². The third-order valence-corrected chi connectivity index (χ3v) is 3.55. The molecule has 0 atom stereocenters. The maximum Gasteiger partial charge on any atom is 0.240 e. The number of unbranched alkanes of at least 4 members (excludes halogenated alkanes) is 1. The van der Waals surface area contributed by atoms with Crippen molar-refractivity contribution in [2.45, 2.75) is 24.7 Å². The average molecular weight is 238 g/mol. The third-order valence-electron chi connectivity index (χ3n) is 2.10. The average Bonchev–Trinajstić information content (AvgIpc) is 2.29. The Kier molecular flexibility index (Phi) is 4.47. The standard InChI is InChI=1S/C11H14N2O2S/c1-2-3-7-13-16(14,15)11-6-4-5-10(8-11)9-12/h4-6,8,13H,2-3,7H2,1H3. The Morgan fingerprint density at radius 1 is 1.44 bits per heavy atom. The molecule has 0 unspecified atom stereocenters. The normalized spacial score (nSPS) is 11.0. The van der Waals surface area contributed by atoms with Crippen molar-refractivity contribution in [1.29, 1.82) is 5.26 Å². The van der Waals surface area contributed by atoms with Gasteiger partial charge in [-0.25, -0.2) is 13.1 Å². The van der Waals surface area contributed by atoms with Crippen LogP contribution in [0.2, 0.25) is 0 Å². The molecule has 0 radical (unpaired) electrons. The van der Waals surface area contributed by atoms with E-state index >= 15 is 0 Å². The van der Waals surface area contributed by atoms with E-state index in [0.29, 0.717) is 12.1 Å². The molecule has 1 aromatic carbocycles. The number of nitriles is 1.